The van der Waals surface area contributed by atoms with Crippen molar-refractivity contribution in [1.82, 2.24) is 5.32 Å². The Hall–Kier alpha value is -3.33. The van der Waals surface area contributed by atoms with E-state index in [1.165, 1.54) is 89.9 Å². The van der Waals surface area contributed by atoms with E-state index in [0.717, 1.165) is 116 Å². The first-order valence-corrected chi connectivity index (χ1v) is 32.2. The van der Waals surface area contributed by atoms with Crippen molar-refractivity contribution in [1.29, 1.82) is 0 Å². The summed E-state index contributed by atoms with van der Waals surface area (Å²) < 4.78 is 30.6. The van der Waals surface area contributed by atoms with Gasteiger partial charge in [-0.1, -0.05) is 227 Å². The maximum absolute atomic E-state index is 13.5. The maximum atomic E-state index is 13.5. The van der Waals surface area contributed by atoms with Crippen LogP contribution in [0.2, 0.25) is 0 Å². The fraction of sp³-hybridized carbons (Fsp3) is 0.697. The van der Waals surface area contributed by atoms with Crippen molar-refractivity contribution >= 4 is 19.7 Å². The van der Waals surface area contributed by atoms with Crippen LogP contribution in [0.3, 0.4) is 0 Å². The summed E-state index contributed by atoms with van der Waals surface area (Å²) in [7, 11) is 1.45. The number of carbonyl (C=O) groups excluding carboxylic acids is 2. The van der Waals surface area contributed by atoms with Crippen LogP contribution >= 0.6 is 7.82 Å². The zero-order chi connectivity index (χ0) is 55.7. The molecule has 0 aliphatic rings. The lowest BCUT2D eigenvalue weighted by atomic mass is 10.1. The molecule has 9 nitrogen and oxygen atoms in total. The van der Waals surface area contributed by atoms with E-state index < -0.39 is 20.0 Å². The predicted octanol–water partition coefficient (Wildman–Crippen LogP) is 18.9. The number of phosphoric acid groups is 1. The van der Waals surface area contributed by atoms with Gasteiger partial charge in [-0.15, -0.1) is 0 Å². The first-order chi connectivity index (χ1) is 36.9. The van der Waals surface area contributed by atoms with E-state index in [0.29, 0.717) is 17.4 Å². The van der Waals surface area contributed by atoms with E-state index in [4.69, 9.17) is 13.8 Å². The monoisotopic (exact) mass is 1080 g/mol. The highest BCUT2D eigenvalue weighted by Crippen LogP contribution is 2.43. The summed E-state index contributed by atoms with van der Waals surface area (Å²) in [5.74, 6) is -0.561. The third kappa shape index (κ3) is 55.4. The minimum atomic E-state index is -4.46. The lowest BCUT2D eigenvalue weighted by Gasteiger charge is -2.27. The smallest absolute Gasteiger partial charge is 0.456 e. The molecule has 2 N–H and O–H groups in total. The van der Waals surface area contributed by atoms with Gasteiger partial charge in [-0.2, -0.15) is 0 Å². The number of likely N-dealkylation sites (N-methyl/N-ethyl adjacent to an activating group) is 1. The number of phosphoric ester groups is 1. The number of unbranched alkanes of at least 4 members (excludes halogenated alkanes) is 22. The Bertz CT molecular complexity index is 1670. The van der Waals surface area contributed by atoms with Crippen molar-refractivity contribution in [2.75, 3.05) is 40.9 Å². The van der Waals surface area contributed by atoms with Crippen LogP contribution in [0.5, 0.6) is 0 Å². The third-order valence-corrected chi connectivity index (χ3v) is 13.9. The van der Waals surface area contributed by atoms with Gasteiger partial charge in [-0.3, -0.25) is 18.6 Å². The van der Waals surface area contributed by atoms with Crippen LogP contribution in [0, 0.1) is 0 Å². The van der Waals surface area contributed by atoms with Crippen molar-refractivity contribution in [3.8, 4) is 0 Å². The number of nitrogens with zero attached hydrogens (tertiary/aromatic N) is 1. The molecule has 0 bridgehead atoms. The van der Waals surface area contributed by atoms with Crippen LogP contribution < -0.4 is 5.32 Å². The molecule has 0 aromatic carbocycles. The molecule has 3 unspecified atom stereocenters. The van der Waals surface area contributed by atoms with Gasteiger partial charge in [0.05, 0.1) is 33.8 Å². The highest BCUT2D eigenvalue weighted by atomic mass is 31.2. The summed E-state index contributed by atoms with van der Waals surface area (Å²) in [5.41, 5.74) is 0. The van der Waals surface area contributed by atoms with Crippen molar-refractivity contribution in [3.63, 3.8) is 0 Å². The fourth-order valence-electron chi connectivity index (χ4n) is 8.21. The Morgan fingerprint density at radius 3 is 1.30 bits per heavy atom. The molecular weight excluding hydrogens is 964 g/mol. The van der Waals surface area contributed by atoms with Gasteiger partial charge < -0.3 is 19.4 Å². The van der Waals surface area contributed by atoms with Crippen LogP contribution in [0.1, 0.15) is 245 Å². The van der Waals surface area contributed by atoms with Gasteiger partial charge in [-0.25, -0.2) is 4.57 Å². The van der Waals surface area contributed by atoms with Gasteiger partial charge in [0.1, 0.15) is 19.3 Å². The van der Waals surface area contributed by atoms with Gasteiger partial charge in [0.15, 0.2) is 0 Å². The van der Waals surface area contributed by atoms with E-state index in [9.17, 15) is 19.0 Å². The molecule has 0 saturated heterocycles. The molecule has 10 heteroatoms. The molecule has 0 rings (SSSR count). The first kappa shape index (κ1) is 72.7. The number of ether oxygens (including phenoxy) is 1. The van der Waals surface area contributed by atoms with Crippen LogP contribution in [0.4, 0.5) is 0 Å². The number of allylic oxidation sites excluding steroid dienone is 17. The molecule has 436 valence electrons. The van der Waals surface area contributed by atoms with Crippen molar-refractivity contribution in [3.05, 3.63) is 109 Å². The zero-order valence-corrected chi connectivity index (χ0v) is 50.6. The van der Waals surface area contributed by atoms with Crippen LogP contribution in [0.25, 0.3) is 0 Å². The number of carbonyl (C=O) groups is 2. The highest BCUT2D eigenvalue weighted by Gasteiger charge is 2.30. The Balaban J connectivity index is 5.27. The van der Waals surface area contributed by atoms with Crippen molar-refractivity contribution in [2.45, 2.75) is 258 Å². The quantitative estimate of drug-likeness (QED) is 0.0205. The second-order valence-electron chi connectivity index (χ2n) is 21.5. The molecule has 0 spiro atoms. The zero-order valence-electron chi connectivity index (χ0n) is 49.7. The van der Waals surface area contributed by atoms with E-state index in [-0.39, 0.29) is 37.9 Å². The van der Waals surface area contributed by atoms with E-state index in [1.54, 1.807) is 0 Å². The lowest BCUT2D eigenvalue weighted by molar-refractivity contribution is -0.870. The first-order valence-electron chi connectivity index (χ1n) is 30.7. The summed E-state index contributed by atoms with van der Waals surface area (Å²) in [4.78, 5) is 37.7. The largest absolute Gasteiger partial charge is 0.472 e. The predicted molar refractivity (Wildman–Crippen MR) is 327 cm³/mol. The summed E-state index contributed by atoms with van der Waals surface area (Å²) in [6.07, 6.45) is 75.2. The molecule has 0 heterocycles. The second-order valence-corrected chi connectivity index (χ2v) is 22.9. The number of quaternary nitrogens is 1. The van der Waals surface area contributed by atoms with Gasteiger partial charge in [0.25, 0.3) is 0 Å². The Morgan fingerprint density at radius 2 is 0.842 bits per heavy atom. The topological polar surface area (TPSA) is 111 Å². The van der Waals surface area contributed by atoms with E-state index >= 15 is 0 Å². The normalized spacial score (nSPS) is 14.5. The Labute approximate surface area is 468 Å². The molecule has 0 saturated carbocycles. The molecule has 76 heavy (non-hydrogen) atoms. The highest BCUT2D eigenvalue weighted by molar-refractivity contribution is 7.47. The van der Waals surface area contributed by atoms with Crippen LogP contribution in [0.15, 0.2) is 109 Å². The summed E-state index contributed by atoms with van der Waals surface area (Å²) in [6, 6.07) is -0.876. The molecule has 0 aliphatic heterocycles. The van der Waals surface area contributed by atoms with Gasteiger partial charge in [-0.05, 0) is 115 Å². The average Bonchev–Trinajstić information content (AvgIpc) is 3.38. The second kappa shape index (κ2) is 55.0. The van der Waals surface area contributed by atoms with Gasteiger partial charge in [0.2, 0.25) is 5.91 Å². The number of amides is 1. The van der Waals surface area contributed by atoms with Crippen LogP contribution in [-0.2, 0) is 27.9 Å². The van der Waals surface area contributed by atoms with Gasteiger partial charge >= 0.3 is 13.8 Å². The maximum Gasteiger partial charge on any atom is 0.472 e. The standard InChI is InChI=1S/C66H115N2O7P/c1-7-10-13-16-19-22-25-27-29-31-32-33-34-35-36-37-39-41-44-47-50-53-56-59-66(70)75-64(57-54-51-48-45-42-24-21-18-15-12-9-3)63(62-74-76(71,72)73-61-60-68(4,5)6)67-65(69)58-55-52-49-46-43-40-38-30-28-26-23-20-17-14-11-8-2/h11,14,19-20,22-23,27-30,32-33,35-36,40,43,54,57,63-64H,7-10,12-13,15-18,21,24-26,31,34,37-39,41-42,44-53,55-56,58-62H2,1-6H3,(H-,67,69,71,72)/p+1/b14-11+,22-19-,23-20+,29-27-,30-28+,33-32-,36-35-,43-40+,57-54-. The minimum absolute atomic E-state index is 0.0262. The number of rotatable bonds is 54. The molecule has 0 aliphatic carbocycles. The molecule has 0 radical (unpaired) electrons. The average molecular weight is 1080 g/mol. The third-order valence-electron chi connectivity index (χ3n) is 12.9. The van der Waals surface area contributed by atoms with E-state index in [2.05, 4.69) is 123 Å². The number of esters is 1. The Morgan fingerprint density at radius 1 is 0.474 bits per heavy atom. The van der Waals surface area contributed by atoms with Crippen molar-refractivity contribution in [2.24, 2.45) is 0 Å². The summed E-state index contributed by atoms with van der Waals surface area (Å²) in [5, 5.41) is 3.03. The minimum Gasteiger partial charge on any atom is -0.456 e. The van der Waals surface area contributed by atoms with Gasteiger partial charge in [0, 0.05) is 12.8 Å². The SMILES string of the molecule is CC/C=C/C/C=C/C/C=C/C/C=C/CCCCCC(=O)NC(COP(=O)(O)OCC[N+](C)(C)C)C(/C=C\CCCCCCCCCCC)OC(=O)CCCCCCCCC/C=C\C/C=C\C/C=C\C/C=C\CCCCC. The van der Waals surface area contributed by atoms with Crippen molar-refractivity contribution < 1.29 is 37.3 Å². The summed E-state index contributed by atoms with van der Waals surface area (Å²) >= 11 is 0. The number of hydrogen-bond donors (Lipinski definition) is 2. The summed E-state index contributed by atoms with van der Waals surface area (Å²) in [6.45, 7) is 6.82. The molecule has 0 aromatic heterocycles. The molecular formula is C66H116N2O7P+. The fourth-order valence-corrected chi connectivity index (χ4v) is 8.94. The molecule has 3 atom stereocenters. The molecule has 1 amide bonds. The lowest BCUT2D eigenvalue weighted by Crippen LogP contribution is -2.47. The number of hydrogen-bond acceptors (Lipinski definition) is 6. The molecule has 0 fully saturated rings. The molecule has 0 aromatic rings. The van der Waals surface area contributed by atoms with E-state index in [1.807, 2.05) is 33.3 Å². The number of nitrogens with one attached hydrogen (secondary N) is 1. The Kier molecular flexibility index (Phi) is 52.6. The van der Waals surface area contributed by atoms with Crippen LogP contribution in [-0.4, -0.2) is 74.3 Å².